The lowest BCUT2D eigenvalue weighted by atomic mass is 10.2. The summed E-state index contributed by atoms with van der Waals surface area (Å²) in [7, 11) is 1.30. The van der Waals surface area contributed by atoms with Gasteiger partial charge in [-0.3, -0.25) is 9.59 Å². The summed E-state index contributed by atoms with van der Waals surface area (Å²) in [5.74, 6) is -0.692. The van der Waals surface area contributed by atoms with Gasteiger partial charge in [0.1, 0.15) is 6.54 Å². The summed E-state index contributed by atoms with van der Waals surface area (Å²) in [6.45, 7) is -0.0933. The van der Waals surface area contributed by atoms with E-state index in [1.54, 1.807) is 36.4 Å². The van der Waals surface area contributed by atoms with E-state index in [9.17, 15) is 9.59 Å². The highest BCUT2D eigenvalue weighted by molar-refractivity contribution is 6.05. The van der Waals surface area contributed by atoms with Gasteiger partial charge in [-0.2, -0.15) is 0 Å². The number of anilines is 1. The maximum Gasteiger partial charge on any atom is 0.321 e. The van der Waals surface area contributed by atoms with E-state index < -0.39 is 5.97 Å². The molecular formula is C16H16N2O3. The second-order valence-corrected chi connectivity index (χ2v) is 4.25. The molecule has 0 saturated heterocycles. The Bertz CT molecular complexity index is 599. The third-order valence-corrected chi connectivity index (χ3v) is 2.85. The first-order valence-corrected chi connectivity index (χ1v) is 6.47. The molecule has 0 bridgehead atoms. The summed E-state index contributed by atoms with van der Waals surface area (Å²) >= 11 is 0. The molecule has 1 N–H and O–H groups in total. The summed E-state index contributed by atoms with van der Waals surface area (Å²) in [6, 6.07) is 17.9. The minimum Gasteiger partial charge on any atom is -0.468 e. The van der Waals surface area contributed by atoms with E-state index in [0.717, 1.165) is 0 Å². The van der Waals surface area contributed by atoms with Crippen LogP contribution in [-0.2, 0) is 9.53 Å². The first kappa shape index (κ1) is 14.7. The fourth-order valence-corrected chi connectivity index (χ4v) is 1.78. The monoisotopic (exact) mass is 284 g/mol. The molecule has 0 aromatic heterocycles. The van der Waals surface area contributed by atoms with Gasteiger partial charge in [-0.15, -0.1) is 0 Å². The normalized spacial score (nSPS) is 9.95. The molecule has 0 fully saturated rings. The zero-order valence-electron chi connectivity index (χ0n) is 11.7. The minimum absolute atomic E-state index is 0.0933. The fourth-order valence-electron chi connectivity index (χ4n) is 1.78. The van der Waals surface area contributed by atoms with Gasteiger partial charge in [0.05, 0.1) is 12.8 Å². The van der Waals surface area contributed by atoms with Crippen LogP contribution in [0.25, 0.3) is 0 Å². The molecule has 0 aliphatic rings. The van der Waals surface area contributed by atoms with Crippen LogP contribution in [0.4, 0.5) is 5.69 Å². The molecule has 5 heteroatoms. The highest BCUT2D eigenvalue weighted by Crippen LogP contribution is 2.14. The topological polar surface area (TPSA) is 58.6 Å². The molecule has 2 aromatic carbocycles. The first-order valence-electron chi connectivity index (χ1n) is 6.47. The van der Waals surface area contributed by atoms with Crippen molar-refractivity contribution in [3.63, 3.8) is 0 Å². The lowest BCUT2D eigenvalue weighted by Crippen LogP contribution is -2.45. The van der Waals surface area contributed by atoms with Crippen molar-refractivity contribution in [2.45, 2.75) is 0 Å². The van der Waals surface area contributed by atoms with Crippen molar-refractivity contribution in [1.82, 2.24) is 5.43 Å². The second kappa shape index (κ2) is 7.21. The molecule has 0 unspecified atom stereocenters. The van der Waals surface area contributed by atoms with Gasteiger partial charge in [0.2, 0.25) is 0 Å². The summed E-state index contributed by atoms with van der Waals surface area (Å²) in [4.78, 5) is 23.8. The van der Waals surface area contributed by atoms with Crippen molar-refractivity contribution in [3.05, 3.63) is 66.2 Å². The van der Waals surface area contributed by atoms with Crippen LogP contribution in [0.15, 0.2) is 60.7 Å². The van der Waals surface area contributed by atoms with E-state index in [4.69, 9.17) is 0 Å². The number of nitrogens with one attached hydrogen (secondary N) is 1. The van der Waals surface area contributed by atoms with Crippen molar-refractivity contribution < 1.29 is 14.3 Å². The third-order valence-electron chi connectivity index (χ3n) is 2.85. The van der Waals surface area contributed by atoms with E-state index in [2.05, 4.69) is 10.2 Å². The van der Waals surface area contributed by atoms with Crippen LogP contribution < -0.4 is 10.4 Å². The number of rotatable bonds is 5. The Morgan fingerprint density at radius 2 is 1.57 bits per heavy atom. The van der Waals surface area contributed by atoms with Crippen LogP contribution in [0.5, 0.6) is 0 Å². The van der Waals surface area contributed by atoms with Gasteiger partial charge in [0.15, 0.2) is 0 Å². The molecule has 0 aliphatic heterocycles. The summed E-state index contributed by atoms with van der Waals surface area (Å²) in [5, 5.41) is 1.34. The highest BCUT2D eigenvalue weighted by atomic mass is 16.5. The molecule has 0 aliphatic carbocycles. The van der Waals surface area contributed by atoms with Crippen LogP contribution in [0.1, 0.15) is 10.4 Å². The number of methoxy groups -OCH3 is 1. The number of benzene rings is 2. The Hall–Kier alpha value is -2.66. The smallest absolute Gasteiger partial charge is 0.321 e. The molecule has 5 nitrogen and oxygen atoms in total. The Morgan fingerprint density at radius 1 is 1.00 bits per heavy atom. The van der Waals surface area contributed by atoms with Crippen molar-refractivity contribution in [3.8, 4) is 0 Å². The van der Waals surface area contributed by atoms with Gasteiger partial charge in [0.25, 0.3) is 5.91 Å². The number of hydrazine groups is 1. The van der Waals surface area contributed by atoms with Gasteiger partial charge >= 0.3 is 5.97 Å². The lowest BCUT2D eigenvalue weighted by Gasteiger charge is -2.23. The number of amides is 1. The van der Waals surface area contributed by atoms with Crippen molar-refractivity contribution in [2.75, 3.05) is 18.7 Å². The molecular weight excluding hydrogens is 268 g/mol. The van der Waals surface area contributed by atoms with Gasteiger partial charge in [-0.1, -0.05) is 36.4 Å². The highest BCUT2D eigenvalue weighted by Gasteiger charge is 2.18. The van der Waals surface area contributed by atoms with Crippen LogP contribution >= 0.6 is 0 Å². The number of para-hydroxylation sites is 1. The standard InChI is InChI=1S/C16H16N2O3/c1-21-15(19)12-17-18(14-10-6-3-7-11-14)16(20)13-8-4-2-5-9-13/h2-11,17H,12H2,1H3. The average Bonchev–Trinajstić information content (AvgIpc) is 2.56. The zero-order valence-corrected chi connectivity index (χ0v) is 11.7. The lowest BCUT2D eigenvalue weighted by molar-refractivity contribution is -0.139. The third kappa shape index (κ3) is 3.90. The van der Waals surface area contributed by atoms with Crippen LogP contribution in [0.2, 0.25) is 0 Å². The quantitative estimate of drug-likeness (QED) is 0.674. The number of carbonyl (C=O) groups is 2. The predicted octanol–water partition coefficient (Wildman–Crippen LogP) is 2.01. The van der Waals surface area contributed by atoms with Gasteiger partial charge in [-0.05, 0) is 24.3 Å². The van der Waals surface area contributed by atoms with Crippen molar-refractivity contribution in [2.24, 2.45) is 0 Å². The number of nitrogens with zero attached hydrogens (tertiary/aromatic N) is 1. The molecule has 2 rings (SSSR count). The molecule has 0 spiro atoms. The van der Waals surface area contributed by atoms with Gasteiger partial charge in [-0.25, -0.2) is 10.4 Å². The van der Waals surface area contributed by atoms with E-state index in [0.29, 0.717) is 11.3 Å². The maximum absolute atomic E-state index is 12.6. The molecule has 21 heavy (non-hydrogen) atoms. The number of carbonyl (C=O) groups excluding carboxylic acids is 2. The van der Waals surface area contributed by atoms with E-state index in [-0.39, 0.29) is 12.5 Å². The average molecular weight is 284 g/mol. The molecule has 0 saturated carbocycles. The van der Waals surface area contributed by atoms with Crippen molar-refractivity contribution >= 4 is 17.6 Å². The minimum atomic E-state index is -0.447. The fraction of sp³-hybridized carbons (Fsp3) is 0.125. The summed E-state index contributed by atoms with van der Waals surface area (Å²) in [5.41, 5.74) is 3.97. The maximum atomic E-state index is 12.6. The molecule has 0 radical (unpaired) electrons. The van der Waals surface area contributed by atoms with Crippen LogP contribution in [-0.4, -0.2) is 25.5 Å². The molecule has 0 atom stereocenters. The molecule has 108 valence electrons. The zero-order chi connectivity index (χ0) is 15.1. The number of hydrogen-bond donors (Lipinski definition) is 1. The summed E-state index contributed by atoms with van der Waals surface area (Å²) in [6.07, 6.45) is 0. The summed E-state index contributed by atoms with van der Waals surface area (Å²) < 4.78 is 4.58. The molecule has 0 heterocycles. The van der Waals surface area contributed by atoms with Crippen LogP contribution in [0.3, 0.4) is 0 Å². The molecule has 1 amide bonds. The Labute approximate surface area is 123 Å². The first-order chi connectivity index (χ1) is 10.2. The van der Waals surface area contributed by atoms with Crippen molar-refractivity contribution in [1.29, 1.82) is 0 Å². The number of esters is 1. The van der Waals surface area contributed by atoms with Crippen LogP contribution in [0, 0.1) is 0 Å². The largest absolute Gasteiger partial charge is 0.468 e. The molecule has 2 aromatic rings. The van der Waals surface area contributed by atoms with Gasteiger partial charge in [0, 0.05) is 5.56 Å². The predicted molar refractivity (Wildman–Crippen MR) is 79.7 cm³/mol. The van der Waals surface area contributed by atoms with E-state index in [1.807, 2.05) is 24.3 Å². The second-order valence-electron chi connectivity index (χ2n) is 4.25. The SMILES string of the molecule is COC(=O)CNN(C(=O)c1ccccc1)c1ccccc1. The Balaban J connectivity index is 2.23. The van der Waals surface area contributed by atoms with Gasteiger partial charge < -0.3 is 4.74 Å². The Morgan fingerprint density at radius 3 is 2.14 bits per heavy atom. The number of hydrogen-bond acceptors (Lipinski definition) is 4. The number of ether oxygens (including phenoxy) is 1. The van der Waals surface area contributed by atoms with E-state index in [1.165, 1.54) is 12.1 Å². The van der Waals surface area contributed by atoms with E-state index >= 15 is 0 Å². The Kier molecular flexibility index (Phi) is 5.06.